The molecule has 1 heterocycles. The standard InChI is InChI=1S/C50H63F3N4O3Si2/c1-46(2,3)61(9,10)58-29-27-57(28-30-59-62(11,12)47(4,5)6)42-25-23-37(24-26-42)21-22-39-31-38(32-48(7,8)33-39)17-16-20-44-43(36-56)45(40(34-54)35-55)60-49(44,50(51,52)53)41-18-14-13-15-19-41/h13-26,31H,27-30,32-33H2,1-12H3. The van der Waals surface area contributed by atoms with E-state index >= 15 is 13.2 Å². The second-order valence-corrected chi connectivity index (χ2v) is 29.6. The molecule has 12 heteroatoms. The van der Waals surface area contributed by atoms with E-state index in [1.54, 1.807) is 30.4 Å². The molecule has 0 spiro atoms. The normalized spacial score (nSPS) is 19.3. The quantitative estimate of drug-likeness (QED) is 0.138. The molecule has 62 heavy (non-hydrogen) atoms. The van der Waals surface area contributed by atoms with Crippen molar-refractivity contribution in [3.63, 3.8) is 0 Å². The second kappa shape index (κ2) is 19.2. The molecule has 1 unspecified atom stereocenters. The summed E-state index contributed by atoms with van der Waals surface area (Å²) >= 11 is 0. The lowest BCUT2D eigenvalue weighted by Crippen LogP contribution is -2.44. The highest BCUT2D eigenvalue weighted by atomic mass is 28.4. The van der Waals surface area contributed by atoms with Gasteiger partial charge in [0.25, 0.3) is 5.60 Å². The van der Waals surface area contributed by atoms with Gasteiger partial charge in [0.1, 0.15) is 23.8 Å². The number of ether oxygens (including phenoxy) is 1. The molecule has 0 amide bonds. The Morgan fingerprint density at radius 3 is 1.82 bits per heavy atom. The lowest BCUT2D eigenvalue weighted by molar-refractivity contribution is -0.249. The third-order valence-corrected chi connectivity index (χ3v) is 21.7. The van der Waals surface area contributed by atoms with Crippen LogP contribution in [0.2, 0.25) is 36.3 Å². The molecule has 7 nitrogen and oxygen atoms in total. The Hall–Kier alpha value is -4.91. The molecule has 330 valence electrons. The summed E-state index contributed by atoms with van der Waals surface area (Å²) in [4.78, 5) is 2.35. The van der Waals surface area contributed by atoms with Gasteiger partial charge in [-0.1, -0.05) is 134 Å². The van der Waals surface area contributed by atoms with Gasteiger partial charge in [0, 0.05) is 29.9 Å². The van der Waals surface area contributed by atoms with Crippen LogP contribution in [0.4, 0.5) is 18.9 Å². The van der Waals surface area contributed by atoms with Crippen molar-refractivity contribution in [1.82, 2.24) is 0 Å². The van der Waals surface area contributed by atoms with Gasteiger partial charge in [0.2, 0.25) is 0 Å². The van der Waals surface area contributed by atoms with Crippen LogP contribution in [0.5, 0.6) is 0 Å². The molecule has 0 radical (unpaired) electrons. The summed E-state index contributed by atoms with van der Waals surface area (Å²) < 4.78 is 64.4. The average molecular weight is 881 g/mol. The van der Waals surface area contributed by atoms with E-state index in [-0.39, 0.29) is 21.1 Å². The van der Waals surface area contributed by atoms with Crippen molar-refractivity contribution in [3.8, 4) is 18.2 Å². The molecule has 0 saturated heterocycles. The molecule has 1 aliphatic carbocycles. The zero-order valence-electron chi connectivity index (χ0n) is 38.6. The third kappa shape index (κ3) is 11.6. The number of rotatable bonds is 14. The summed E-state index contributed by atoms with van der Waals surface area (Å²) in [5.41, 5.74) is -1.19. The number of nitriles is 3. The maximum atomic E-state index is 15.2. The SMILES string of the molecule is CC1(C)CC(=CC=CC2=C(C#N)C(=C(C#N)C#N)OC2(c2ccccc2)C(F)(F)F)C=C(C=Cc2ccc(N(CCO[Si](C)(C)C(C)(C)C)CCO[Si](C)(C)C(C)(C)C)cc2)C1. The molecule has 2 aliphatic rings. The number of allylic oxidation sites excluding steroid dienone is 8. The minimum Gasteiger partial charge on any atom is -0.465 e. The highest BCUT2D eigenvalue weighted by molar-refractivity contribution is 6.74. The first-order valence-corrected chi connectivity index (χ1v) is 26.9. The van der Waals surface area contributed by atoms with Crippen LogP contribution in [0.15, 0.2) is 119 Å². The van der Waals surface area contributed by atoms with Crippen molar-refractivity contribution in [2.24, 2.45) is 5.41 Å². The second-order valence-electron chi connectivity index (χ2n) is 19.9. The summed E-state index contributed by atoms with van der Waals surface area (Å²) in [6, 6.07) is 20.4. The number of nitrogens with zero attached hydrogens (tertiary/aromatic N) is 4. The minimum absolute atomic E-state index is 0.121. The van der Waals surface area contributed by atoms with Gasteiger partial charge in [0.15, 0.2) is 28.0 Å². The van der Waals surface area contributed by atoms with E-state index in [1.165, 1.54) is 36.4 Å². The smallest absolute Gasteiger partial charge is 0.437 e. The maximum absolute atomic E-state index is 15.2. The van der Waals surface area contributed by atoms with E-state index in [2.05, 4.69) is 123 Å². The summed E-state index contributed by atoms with van der Waals surface area (Å²) in [6.45, 7) is 29.7. The van der Waals surface area contributed by atoms with Crippen LogP contribution in [0.1, 0.15) is 79.4 Å². The summed E-state index contributed by atoms with van der Waals surface area (Å²) in [7, 11) is -3.83. The van der Waals surface area contributed by atoms with Crippen LogP contribution < -0.4 is 4.90 Å². The number of hydrogen-bond acceptors (Lipinski definition) is 7. The van der Waals surface area contributed by atoms with Gasteiger partial charge in [-0.2, -0.15) is 29.0 Å². The first-order chi connectivity index (χ1) is 28.7. The van der Waals surface area contributed by atoms with E-state index < -0.39 is 50.9 Å². The van der Waals surface area contributed by atoms with Gasteiger partial charge in [-0.25, -0.2) is 0 Å². The zero-order valence-corrected chi connectivity index (χ0v) is 40.6. The van der Waals surface area contributed by atoms with Crippen molar-refractivity contribution < 1.29 is 26.8 Å². The number of halogens is 3. The largest absolute Gasteiger partial charge is 0.465 e. The Morgan fingerprint density at radius 1 is 0.790 bits per heavy atom. The van der Waals surface area contributed by atoms with Crippen LogP contribution >= 0.6 is 0 Å². The lowest BCUT2D eigenvalue weighted by atomic mass is 9.75. The Bertz CT molecular complexity index is 2200. The molecule has 1 aliphatic heterocycles. The van der Waals surface area contributed by atoms with Crippen LogP contribution in [0.3, 0.4) is 0 Å². The number of hydrogen-bond donors (Lipinski definition) is 0. The van der Waals surface area contributed by atoms with Crippen LogP contribution in [-0.2, 0) is 19.2 Å². The molecule has 2 aromatic carbocycles. The van der Waals surface area contributed by atoms with E-state index in [0.717, 1.165) is 41.9 Å². The van der Waals surface area contributed by atoms with Crippen molar-refractivity contribution in [3.05, 3.63) is 130 Å². The van der Waals surface area contributed by atoms with Gasteiger partial charge in [0.05, 0.1) is 13.2 Å². The lowest BCUT2D eigenvalue weighted by Gasteiger charge is -2.38. The van der Waals surface area contributed by atoms with Gasteiger partial charge < -0.3 is 18.5 Å². The Morgan fingerprint density at radius 2 is 1.34 bits per heavy atom. The molecule has 0 aromatic heterocycles. The van der Waals surface area contributed by atoms with Crippen LogP contribution in [0.25, 0.3) is 6.08 Å². The monoisotopic (exact) mass is 880 g/mol. The fourth-order valence-electron chi connectivity index (χ4n) is 7.05. The molecular weight excluding hydrogens is 818 g/mol. The molecule has 1 atom stereocenters. The number of anilines is 1. The van der Waals surface area contributed by atoms with Gasteiger partial charge in [-0.3, -0.25) is 0 Å². The Balaban J connectivity index is 1.63. The fourth-order valence-corrected chi connectivity index (χ4v) is 9.12. The molecule has 2 aromatic rings. The predicted molar refractivity (Wildman–Crippen MR) is 248 cm³/mol. The van der Waals surface area contributed by atoms with Crippen LogP contribution in [0, 0.1) is 39.4 Å². The topological polar surface area (TPSA) is 102 Å². The van der Waals surface area contributed by atoms with Crippen molar-refractivity contribution in [2.75, 3.05) is 31.2 Å². The Labute approximate surface area is 370 Å². The third-order valence-electron chi connectivity index (χ3n) is 12.6. The van der Waals surface area contributed by atoms with Crippen molar-refractivity contribution in [1.29, 1.82) is 15.8 Å². The minimum atomic E-state index is -5.06. The number of benzene rings is 2. The van der Waals surface area contributed by atoms with Gasteiger partial charge in [-0.15, -0.1) is 0 Å². The molecule has 4 rings (SSSR count). The highest BCUT2D eigenvalue weighted by Crippen LogP contribution is 2.56. The van der Waals surface area contributed by atoms with Crippen molar-refractivity contribution in [2.45, 2.75) is 116 Å². The van der Waals surface area contributed by atoms with E-state index in [4.69, 9.17) is 13.6 Å². The summed E-state index contributed by atoms with van der Waals surface area (Å²) in [5, 5.41) is 29.5. The number of alkyl halides is 3. The van der Waals surface area contributed by atoms with Gasteiger partial charge >= 0.3 is 6.18 Å². The van der Waals surface area contributed by atoms with Crippen molar-refractivity contribution >= 4 is 28.4 Å². The molecule has 0 fully saturated rings. The Kier molecular flexibility index (Phi) is 15.4. The first kappa shape index (κ1) is 49.7. The summed E-state index contributed by atoms with van der Waals surface area (Å²) in [6.07, 6.45) is 7.03. The molecular formula is C50H63F3N4O3Si2. The first-order valence-electron chi connectivity index (χ1n) is 21.1. The van der Waals surface area contributed by atoms with E-state index in [9.17, 15) is 15.8 Å². The predicted octanol–water partition coefficient (Wildman–Crippen LogP) is 13.4. The molecule has 0 N–H and O–H groups in total. The van der Waals surface area contributed by atoms with Gasteiger partial charge in [-0.05, 0) is 83.4 Å². The fraction of sp³-hybridized carbons (Fsp3) is 0.460. The van der Waals surface area contributed by atoms with E-state index in [0.29, 0.717) is 19.6 Å². The average Bonchev–Trinajstić information content (AvgIpc) is 3.51. The van der Waals surface area contributed by atoms with Crippen LogP contribution in [-0.4, -0.2) is 49.1 Å². The summed E-state index contributed by atoms with van der Waals surface area (Å²) in [5.74, 6) is -0.691. The molecule has 0 saturated carbocycles. The molecule has 0 bridgehead atoms. The highest BCUT2D eigenvalue weighted by Gasteiger charge is 2.65. The maximum Gasteiger partial charge on any atom is 0.437 e. The zero-order chi connectivity index (χ0) is 46.4. The van der Waals surface area contributed by atoms with E-state index in [1.807, 2.05) is 6.08 Å².